The highest BCUT2D eigenvalue weighted by Gasteiger charge is 2.15. The Kier molecular flexibility index (Phi) is 4.35. The zero-order chi connectivity index (χ0) is 18.1. The molecule has 2 aromatic carbocycles. The van der Waals surface area contributed by atoms with Gasteiger partial charge in [-0.15, -0.1) is 0 Å². The van der Waals surface area contributed by atoms with Crippen LogP contribution < -0.4 is 0 Å². The predicted octanol–water partition coefficient (Wildman–Crippen LogP) is 4.85. The molecule has 4 rings (SSSR count). The molecular formula is C22H21N3O. The van der Waals surface area contributed by atoms with Crippen molar-refractivity contribution in [1.29, 1.82) is 0 Å². The minimum absolute atomic E-state index is 0.590. The van der Waals surface area contributed by atoms with Crippen molar-refractivity contribution in [2.75, 3.05) is 0 Å². The highest BCUT2D eigenvalue weighted by Crippen LogP contribution is 2.32. The fourth-order valence-corrected chi connectivity index (χ4v) is 3.33. The molecule has 0 aliphatic heterocycles. The number of benzene rings is 2. The lowest BCUT2D eigenvalue weighted by Crippen LogP contribution is -1.99. The summed E-state index contributed by atoms with van der Waals surface area (Å²) in [6, 6.07) is 14.0. The Bertz CT molecular complexity index is 1070. The van der Waals surface area contributed by atoms with Crippen molar-refractivity contribution in [3.8, 4) is 11.4 Å². The van der Waals surface area contributed by atoms with E-state index in [0.29, 0.717) is 5.82 Å². The van der Waals surface area contributed by atoms with E-state index in [9.17, 15) is 5.11 Å². The number of hydrogen-bond donors (Lipinski definition) is 1. The van der Waals surface area contributed by atoms with Crippen LogP contribution in [0.1, 0.15) is 37.5 Å². The fraction of sp³-hybridized carbons (Fsp3) is 0.227. The Morgan fingerprint density at radius 1 is 1.04 bits per heavy atom. The Morgan fingerprint density at radius 2 is 1.81 bits per heavy atom. The lowest BCUT2D eigenvalue weighted by molar-refractivity contribution is 0.200. The third-order valence-electron chi connectivity index (χ3n) is 4.65. The lowest BCUT2D eigenvalue weighted by Gasteiger charge is -2.13. The van der Waals surface area contributed by atoms with Gasteiger partial charge >= 0.3 is 0 Å². The van der Waals surface area contributed by atoms with Crippen molar-refractivity contribution < 1.29 is 5.11 Å². The number of aliphatic hydroxyl groups is 1. The fourth-order valence-electron chi connectivity index (χ4n) is 3.33. The summed E-state index contributed by atoms with van der Waals surface area (Å²) in [7, 11) is 0. The maximum atomic E-state index is 10.2. The number of aliphatic hydroxyl groups excluding tert-OH is 1. The minimum atomic E-state index is -0.590. The van der Waals surface area contributed by atoms with E-state index in [1.54, 1.807) is 6.92 Å². The summed E-state index contributed by atoms with van der Waals surface area (Å²) in [5.74, 6) is 0.684. The molecule has 0 radical (unpaired) electrons. The molecule has 2 aromatic heterocycles. The third-order valence-corrected chi connectivity index (χ3v) is 4.65. The predicted molar refractivity (Wildman–Crippen MR) is 105 cm³/mol. The highest BCUT2D eigenvalue weighted by atomic mass is 16.3. The van der Waals surface area contributed by atoms with Crippen LogP contribution in [0, 0.1) is 0 Å². The second-order valence-corrected chi connectivity index (χ2v) is 6.62. The maximum absolute atomic E-state index is 10.2. The summed E-state index contributed by atoms with van der Waals surface area (Å²) in [5.41, 5.74) is 4.61. The topological polar surface area (TPSA) is 58.9 Å². The summed E-state index contributed by atoms with van der Waals surface area (Å²) in [6.07, 6.45) is 5.26. The Morgan fingerprint density at radius 3 is 2.54 bits per heavy atom. The molecule has 4 aromatic rings. The Balaban J connectivity index is 1.97. The molecule has 1 atom stereocenters. The van der Waals surface area contributed by atoms with Gasteiger partial charge in [0, 0.05) is 34.3 Å². The first kappa shape index (κ1) is 16.6. The molecule has 2 heterocycles. The van der Waals surface area contributed by atoms with E-state index in [0.717, 1.165) is 51.3 Å². The van der Waals surface area contributed by atoms with Gasteiger partial charge in [-0.3, -0.25) is 0 Å². The number of fused-ring (bicyclic) bond motifs is 2. The van der Waals surface area contributed by atoms with Crippen molar-refractivity contribution >= 4 is 21.8 Å². The first-order chi connectivity index (χ1) is 12.7. The first-order valence-electron chi connectivity index (χ1n) is 8.99. The van der Waals surface area contributed by atoms with Crippen LogP contribution in [0.5, 0.6) is 0 Å². The van der Waals surface area contributed by atoms with E-state index < -0.39 is 6.10 Å². The molecule has 0 saturated heterocycles. The van der Waals surface area contributed by atoms with E-state index in [1.807, 2.05) is 48.8 Å². The summed E-state index contributed by atoms with van der Waals surface area (Å²) in [5, 5.41) is 12.2. The number of aromatic nitrogens is 3. The van der Waals surface area contributed by atoms with Gasteiger partial charge in [0.05, 0.1) is 17.1 Å². The molecule has 4 heteroatoms. The molecule has 0 aliphatic carbocycles. The van der Waals surface area contributed by atoms with E-state index >= 15 is 0 Å². The summed E-state index contributed by atoms with van der Waals surface area (Å²) in [4.78, 5) is 14.0. The second-order valence-electron chi connectivity index (χ2n) is 6.62. The molecule has 0 saturated carbocycles. The van der Waals surface area contributed by atoms with Gasteiger partial charge in [-0.25, -0.2) is 15.0 Å². The van der Waals surface area contributed by atoms with E-state index in [2.05, 4.69) is 23.0 Å². The summed E-state index contributed by atoms with van der Waals surface area (Å²) in [6.45, 7) is 3.91. The van der Waals surface area contributed by atoms with Crippen LogP contribution in [0.2, 0.25) is 0 Å². The zero-order valence-corrected chi connectivity index (χ0v) is 15.0. The van der Waals surface area contributed by atoms with Crippen LogP contribution in [-0.4, -0.2) is 20.1 Å². The number of nitrogens with zero attached hydrogens (tertiary/aromatic N) is 3. The average Bonchev–Trinajstić information content (AvgIpc) is 2.66. The minimum Gasteiger partial charge on any atom is -0.389 e. The molecule has 0 amide bonds. The average molecular weight is 343 g/mol. The molecule has 0 aliphatic rings. The summed E-state index contributed by atoms with van der Waals surface area (Å²) >= 11 is 0. The van der Waals surface area contributed by atoms with Crippen molar-refractivity contribution in [3.63, 3.8) is 0 Å². The van der Waals surface area contributed by atoms with Crippen molar-refractivity contribution in [1.82, 2.24) is 15.0 Å². The number of hydrogen-bond acceptors (Lipinski definition) is 4. The smallest absolute Gasteiger partial charge is 0.159 e. The molecule has 0 fully saturated rings. The molecule has 0 bridgehead atoms. The van der Waals surface area contributed by atoms with Gasteiger partial charge in [-0.1, -0.05) is 43.7 Å². The van der Waals surface area contributed by atoms with Crippen LogP contribution in [-0.2, 0) is 6.42 Å². The number of pyridine rings is 1. The molecule has 130 valence electrons. The van der Waals surface area contributed by atoms with Gasteiger partial charge in [-0.2, -0.15) is 0 Å². The molecule has 4 nitrogen and oxygen atoms in total. The van der Waals surface area contributed by atoms with E-state index in [-0.39, 0.29) is 0 Å². The van der Waals surface area contributed by atoms with Gasteiger partial charge in [0.1, 0.15) is 0 Å². The van der Waals surface area contributed by atoms with Gasteiger partial charge in [0.2, 0.25) is 0 Å². The lowest BCUT2D eigenvalue weighted by atomic mass is 9.99. The van der Waals surface area contributed by atoms with Gasteiger partial charge < -0.3 is 5.11 Å². The maximum Gasteiger partial charge on any atom is 0.159 e. The number of aryl methyl sites for hydroxylation is 1. The summed E-state index contributed by atoms with van der Waals surface area (Å²) < 4.78 is 0. The van der Waals surface area contributed by atoms with Crippen molar-refractivity contribution in [3.05, 3.63) is 66.0 Å². The Labute approximate surface area is 152 Å². The standard InChI is InChI=1S/C22H21N3O/c1-3-6-15-12-23-22(24-13-15)18-10-9-17(14(2)26)21-19(18)11-16-7-4-5-8-20(16)25-21/h4-5,7-14,26H,3,6H2,1-2H3. The largest absolute Gasteiger partial charge is 0.389 e. The second kappa shape index (κ2) is 6.81. The van der Waals surface area contributed by atoms with Crippen LogP contribution in [0.25, 0.3) is 33.2 Å². The van der Waals surface area contributed by atoms with Gasteiger partial charge in [0.25, 0.3) is 0 Å². The van der Waals surface area contributed by atoms with Crippen molar-refractivity contribution in [2.45, 2.75) is 32.8 Å². The highest BCUT2D eigenvalue weighted by molar-refractivity contribution is 6.01. The quantitative estimate of drug-likeness (QED) is 0.538. The zero-order valence-electron chi connectivity index (χ0n) is 15.0. The van der Waals surface area contributed by atoms with Gasteiger partial charge in [-0.05, 0) is 31.0 Å². The first-order valence-corrected chi connectivity index (χ1v) is 8.99. The number of rotatable bonds is 4. The number of para-hydroxylation sites is 1. The van der Waals surface area contributed by atoms with E-state index in [1.165, 1.54) is 0 Å². The third kappa shape index (κ3) is 2.93. The molecule has 1 N–H and O–H groups in total. The molecule has 26 heavy (non-hydrogen) atoms. The van der Waals surface area contributed by atoms with Crippen LogP contribution in [0.15, 0.2) is 54.9 Å². The normalized spacial score (nSPS) is 12.6. The van der Waals surface area contributed by atoms with Crippen LogP contribution >= 0.6 is 0 Å². The van der Waals surface area contributed by atoms with Crippen LogP contribution in [0.3, 0.4) is 0 Å². The van der Waals surface area contributed by atoms with Crippen LogP contribution in [0.4, 0.5) is 0 Å². The van der Waals surface area contributed by atoms with Crippen molar-refractivity contribution in [2.24, 2.45) is 0 Å². The SMILES string of the molecule is CCCc1cnc(-c2ccc(C(C)O)c3nc4ccccc4cc23)nc1. The van der Waals surface area contributed by atoms with E-state index in [4.69, 9.17) is 4.98 Å². The molecule has 1 unspecified atom stereocenters. The molecular weight excluding hydrogens is 322 g/mol. The monoisotopic (exact) mass is 343 g/mol. The molecule has 0 spiro atoms. The van der Waals surface area contributed by atoms with Gasteiger partial charge in [0.15, 0.2) is 5.82 Å². The Hall–Kier alpha value is -2.85.